The molecule has 11 heteroatoms. The van der Waals surface area contributed by atoms with Gasteiger partial charge in [-0.15, -0.1) is 0 Å². The van der Waals surface area contributed by atoms with E-state index in [1.54, 1.807) is 18.2 Å². The molecular weight excluding hydrogens is 513 g/mol. The van der Waals surface area contributed by atoms with Crippen LogP contribution in [0, 0.1) is 0 Å². The fourth-order valence-electron chi connectivity index (χ4n) is 4.00. The second kappa shape index (κ2) is 12.4. The van der Waals surface area contributed by atoms with Crippen molar-refractivity contribution in [2.45, 2.75) is 44.6 Å². The van der Waals surface area contributed by atoms with Crippen molar-refractivity contribution in [2.24, 2.45) is 5.73 Å². The summed E-state index contributed by atoms with van der Waals surface area (Å²) in [6, 6.07) is 21.7. The van der Waals surface area contributed by atoms with Gasteiger partial charge in [0.05, 0.1) is 0 Å². The van der Waals surface area contributed by atoms with Crippen LogP contribution in [0.15, 0.2) is 72.8 Å². The van der Waals surface area contributed by atoms with Crippen molar-refractivity contribution in [1.29, 1.82) is 0 Å². The van der Waals surface area contributed by atoms with Crippen LogP contribution >= 0.6 is 0 Å². The first kappa shape index (κ1) is 29.2. The number of halogens is 3. The third-order valence-corrected chi connectivity index (χ3v) is 6.28. The molecule has 0 radical (unpaired) electrons. The molecule has 8 nitrogen and oxygen atoms in total. The molecule has 0 aliphatic carbocycles. The maximum Gasteiger partial charge on any atom is 0.490 e. The maximum absolute atomic E-state index is 13.3. The van der Waals surface area contributed by atoms with E-state index < -0.39 is 18.2 Å². The molecule has 206 valence electrons. The summed E-state index contributed by atoms with van der Waals surface area (Å²) in [5, 5.41) is 16.4. The topological polar surface area (TPSA) is 134 Å². The van der Waals surface area contributed by atoms with Crippen LogP contribution in [0.25, 0.3) is 0 Å². The van der Waals surface area contributed by atoms with Gasteiger partial charge in [0, 0.05) is 35.4 Å². The molecular formula is C28H29F3N4O4. The molecule has 0 aromatic heterocycles. The SMILES string of the molecule is CC1Nc2ccc(NC(=O)C(NC(=O)c3cccc(CN)c3)c3ccccc3)cc2C1C.O=C(O)C(F)(F)F. The van der Waals surface area contributed by atoms with Crippen LogP contribution in [0.3, 0.4) is 0 Å². The number of nitrogens with two attached hydrogens (primary N) is 1. The van der Waals surface area contributed by atoms with Gasteiger partial charge in [0.2, 0.25) is 0 Å². The average molecular weight is 543 g/mol. The Balaban J connectivity index is 0.000000532. The van der Waals surface area contributed by atoms with E-state index in [0.29, 0.717) is 35.3 Å². The molecule has 0 saturated heterocycles. The van der Waals surface area contributed by atoms with Gasteiger partial charge in [0.25, 0.3) is 11.8 Å². The van der Waals surface area contributed by atoms with E-state index >= 15 is 0 Å². The molecule has 2 amide bonds. The van der Waals surface area contributed by atoms with Crippen molar-refractivity contribution in [3.8, 4) is 0 Å². The number of carboxylic acids is 1. The predicted octanol–water partition coefficient (Wildman–Crippen LogP) is 4.81. The van der Waals surface area contributed by atoms with Crippen LogP contribution in [0.2, 0.25) is 0 Å². The van der Waals surface area contributed by atoms with E-state index in [9.17, 15) is 22.8 Å². The van der Waals surface area contributed by atoms with Crippen LogP contribution < -0.4 is 21.7 Å². The van der Waals surface area contributed by atoms with Crippen LogP contribution in [0.5, 0.6) is 0 Å². The van der Waals surface area contributed by atoms with Gasteiger partial charge in [0.15, 0.2) is 0 Å². The van der Waals surface area contributed by atoms with E-state index in [2.05, 4.69) is 29.8 Å². The van der Waals surface area contributed by atoms with Gasteiger partial charge in [-0.25, -0.2) is 4.79 Å². The largest absolute Gasteiger partial charge is 0.490 e. The summed E-state index contributed by atoms with van der Waals surface area (Å²) in [7, 11) is 0. The fraction of sp³-hybridized carbons (Fsp3) is 0.250. The minimum Gasteiger partial charge on any atom is -0.475 e. The number of amides is 2. The van der Waals surface area contributed by atoms with Crippen molar-refractivity contribution < 1.29 is 32.7 Å². The Kier molecular flexibility index (Phi) is 9.31. The number of alkyl halides is 3. The van der Waals surface area contributed by atoms with Crippen molar-refractivity contribution in [2.75, 3.05) is 10.6 Å². The Labute approximate surface area is 223 Å². The van der Waals surface area contributed by atoms with E-state index in [4.69, 9.17) is 15.6 Å². The van der Waals surface area contributed by atoms with Gasteiger partial charge < -0.3 is 26.8 Å². The predicted molar refractivity (Wildman–Crippen MR) is 141 cm³/mol. The van der Waals surface area contributed by atoms with E-state index in [0.717, 1.165) is 11.3 Å². The highest BCUT2D eigenvalue weighted by Crippen LogP contribution is 2.37. The van der Waals surface area contributed by atoms with Crippen LogP contribution in [-0.2, 0) is 16.1 Å². The number of aliphatic carboxylic acids is 1. The van der Waals surface area contributed by atoms with Crippen molar-refractivity contribution in [3.05, 3.63) is 95.1 Å². The first-order valence-electron chi connectivity index (χ1n) is 12.1. The van der Waals surface area contributed by atoms with Crippen molar-refractivity contribution in [3.63, 3.8) is 0 Å². The van der Waals surface area contributed by atoms with Gasteiger partial charge in [0.1, 0.15) is 6.04 Å². The monoisotopic (exact) mass is 542 g/mol. The number of hydrogen-bond donors (Lipinski definition) is 5. The number of carboxylic acid groups (broad SMARTS) is 1. The first-order chi connectivity index (χ1) is 18.4. The normalized spacial score (nSPS) is 16.6. The van der Waals surface area contributed by atoms with Crippen LogP contribution in [-0.4, -0.2) is 35.1 Å². The van der Waals surface area contributed by atoms with Gasteiger partial charge in [-0.2, -0.15) is 13.2 Å². The second-order valence-corrected chi connectivity index (χ2v) is 9.04. The Hall–Kier alpha value is -4.38. The Morgan fingerprint density at radius 2 is 1.67 bits per heavy atom. The lowest BCUT2D eigenvalue weighted by Crippen LogP contribution is -2.37. The number of nitrogens with one attached hydrogen (secondary N) is 3. The zero-order chi connectivity index (χ0) is 28.7. The first-order valence-corrected chi connectivity index (χ1v) is 12.1. The summed E-state index contributed by atoms with van der Waals surface area (Å²) in [4.78, 5) is 35.1. The molecule has 3 aromatic rings. The summed E-state index contributed by atoms with van der Waals surface area (Å²) in [5.74, 6) is -3.04. The summed E-state index contributed by atoms with van der Waals surface area (Å²) in [6.07, 6.45) is -5.08. The smallest absolute Gasteiger partial charge is 0.475 e. The number of anilines is 2. The maximum atomic E-state index is 13.3. The minimum absolute atomic E-state index is 0.300. The number of rotatable bonds is 6. The third kappa shape index (κ3) is 7.57. The number of carbonyl (C=O) groups is 3. The van der Waals surface area contributed by atoms with Crippen LogP contribution in [0.4, 0.5) is 24.5 Å². The van der Waals surface area contributed by atoms with Gasteiger partial charge in [-0.05, 0) is 53.9 Å². The molecule has 1 aliphatic rings. The van der Waals surface area contributed by atoms with E-state index in [1.807, 2.05) is 54.6 Å². The Morgan fingerprint density at radius 1 is 1.00 bits per heavy atom. The summed E-state index contributed by atoms with van der Waals surface area (Å²) in [5.41, 5.74) is 10.7. The number of fused-ring (bicyclic) bond motifs is 1. The zero-order valence-electron chi connectivity index (χ0n) is 21.3. The molecule has 0 fully saturated rings. The van der Waals surface area contributed by atoms with Crippen molar-refractivity contribution in [1.82, 2.24) is 5.32 Å². The molecule has 1 aliphatic heterocycles. The summed E-state index contributed by atoms with van der Waals surface area (Å²) >= 11 is 0. The highest BCUT2D eigenvalue weighted by molar-refractivity contribution is 6.01. The van der Waals surface area contributed by atoms with Crippen molar-refractivity contribution >= 4 is 29.2 Å². The molecule has 1 heterocycles. The van der Waals surface area contributed by atoms with Gasteiger partial charge >= 0.3 is 12.1 Å². The average Bonchev–Trinajstić information content (AvgIpc) is 3.20. The molecule has 0 saturated carbocycles. The molecule has 3 aromatic carbocycles. The summed E-state index contributed by atoms with van der Waals surface area (Å²) in [6.45, 7) is 4.65. The fourth-order valence-corrected chi connectivity index (χ4v) is 4.00. The Bertz CT molecular complexity index is 1330. The molecule has 0 bridgehead atoms. The standard InChI is InChI=1S/C26H28N4O2.C2HF3O2/c1-16-17(2)28-23-12-11-21(14-22(16)23)29-26(32)24(19-8-4-3-5-9-19)30-25(31)20-10-6-7-18(13-20)15-27;3-2(4,5)1(6)7/h3-14,16-17,24,28H,15,27H2,1-2H3,(H,29,32)(H,30,31);(H,6,7). The lowest BCUT2D eigenvalue weighted by Gasteiger charge is -2.20. The third-order valence-electron chi connectivity index (χ3n) is 6.28. The molecule has 4 rings (SSSR count). The van der Waals surface area contributed by atoms with E-state index in [1.165, 1.54) is 5.56 Å². The number of hydrogen-bond acceptors (Lipinski definition) is 5. The lowest BCUT2D eigenvalue weighted by molar-refractivity contribution is -0.192. The van der Waals surface area contributed by atoms with Gasteiger partial charge in [-0.3, -0.25) is 9.59 Å². The van der Waals surface area contributed by atoms with Gasteiger partial charge in [-0.1, -0.05) is 49.4 Å². The molecule has 39 heavy (non-hydrogen) atoms. The molecule has 3 atom stereocenters. The quantitative estimate of drug-likeness (QED) is 0.304. The minimum atomic E-state index is -5.08. The number of benzene rings is 3. The highest BCUT2D eigenvalue weighted by atomic mass is 19.4. The second-order valence-electron chi connectivity index (χ2n) is 9.04. The lowest BCUT2D eigenvalue weighted by atomic mass is 9.98. The zero-order valence-corrected chi connectivity index (χ0v) is 21.3. The van der Waals surface area contributed by atoms with E-state index in [-0.39, 0.29) is 11.8 Å². The van der Waals surface area contributed by atoms with Crippen LogP contribution in [0.1, 0.15) is 52.9 Å². The Morgan fingerprint density at radius 3 is 2.28 bits per heavy atom. The highest BCUT2D eigenvalue weighted by Gasteiger charge is 2.38. The molecule has 6 N–H and O–H groups in total. The number of carbonyl (C=O) groups excluding carboxylic acids is 2. The summed E-state index contributed by atoms with van der Waals surface area (Å²) < 4.78 is 31.7. The molecule has 3 unspecified atom stereocenters. The molecule has 0 spiro atoms.